The van der Waals surface area contributed by atoms with Crippen LogP contribution in [-0.2, 0) is 11.1 Å². The average Bonchev–Trinajstić information content (AvgIpc) is 2.96. The molecule has 3 rings (SSSR count). The number of hydrogen-bond donors (Lipinski definition) is 0. The van der Waals surface area contributed by atoms with Crippen molar-refractivity contribution in [3.8, 4) is 6.01 Å². The molecule has 0 aliphatic carbocycles. The Balaban J connectivity index is 2.18. The molecule has 22 heavy (non-hydrogen) atoms. The highest BCUT2D eigenvalue weighted by atomic mass is 32.2. The predicted molar refractivity (Wildman–Crippen MR) is 79.7 cm³/mol. The SMILES string of the molecule is COc1nsc(C(c2cc3ccccc3oc2=O)S(=O)[O-])n1. The van der Waals surface area contributed by atoms with Crippen LogP contribution >= 0.6 is 11.5 Å². The number of ether oxygens (including phenoxy) is 1. The largest absolute Gasteiger partial charge is 0.772 e. The first-order valence-electron chi connectivity index (χ1n) is 6.08. The minimum atomic E-state index is -2.60. The summed E-state index contributed by atoms with van der Waals surface area (Å²) in [5, 5.41) is -0.473. The van der Waals surface area contributed by atoms with E-state index >= 15 is 0 Å². The van der Waals surface area contributed by atoms with Gasteiger partial charge in [-0.15, -0.1) is 4.37 Å². The molecule has 0 radical (unpaired) electrons. The van der Waals surface area contributed by atoms with Gasteiger partial charge in [0, 0.05) is 5.39 Å². The first-order valence-corrected chi connectivity index (χ1v) is 7.99. The summed E-state index contributed by atoms with van der Waals surface area (Å²) in [6.07, 6.45) is 0. The van der Waals surface area contributed by atoms with Crippen LogP contribution in [0, 0.1) is 0 Å². The zero-order valence-corrected chi connectivity index (χ0v) is 12.8. The Morgan fingerprint density at radius 3 is 2.86 bits per heavy atom. The molecule has 0 aliphatic rings. The molecule has 0 aliphatic heterocycles. The smallest absolute Gasteiger partial charge is 0.341 e. The summed E-state index contributed by atoms with van der Waals surface area (Å²) in [7, 11) is 1.37. The van der Waals surface area contributed by atoms with Gasteiger partial charge in [-0.2, -0.15) is 4.98 Å². The topological polar surface area (TPSA) is 105 Å². The van der Waals surface area contributed by atoms with Gasteiger partial charge in [-0.25, -0.2) is 4.79 Å². The first-order chi connectivity index (χ1) is 10.6. The van der Waals surface area contributed by atoms with Crippen LogP contribution < -0.4 is 10.4 Å². The van der Waals surface area contributed by atoms with Gasteiger partial charge in [0.2, 0.25) is 0 Å². The van der Waals surface area contributed by atoms with E-state index in [1.165, 1.54) is 13.2 Å². The molecule has 0 fully saturated rings. The molecule has 9 heteroatoms. The summed E-state index contributed by atoms with van der Waals surface area (Å²) in [6, 6.07) is 8.41. The van der Waals surface area contributed by atoms with Crippen molar-refractivity contribution in [3.05, 3.63) is 51.3 Å². The van der Waals surface area contributed by atoms with Crippen molar-refractivity contribution in [1.82, 2.24) is 9.36 Å². The van der Waals surface area contributed by atoms with Crippen LogP contribution in [0.25, 0.3) is 11.0 Å². The average molecular weight is 337 g/mol. The molecule has 0 saturated heterocycles. The predicted octanol–water partition coefficient (Wildman–Crippen LogP) is 1.62. The van der Waals surface area contributed by atoms with Gasteiger partial charge in [0.05, 0.1) is 12.7 Å². The van der Waals surface area contributed by atoms with Crippen molar-refractivity contribution in [3.63, 3.8) is 0 Å². The summed E-state index contributed by atoms with van der Waals surface area (Å²) in [5.74, 6) is 0. The zero-order chi connectivity index (χ0) is 15.7. The van der Waals surface area contributed by atoms with Gasteiger partial charge >= 0.3 is 11.6 Å². The maximum absolute atomic E-state index is 12.1. The molecule has 0 amide bonds. The molecule has 2 unspecified atom stereocenters. The number of para-hydroxylation sites is 1. The van der Waals surface area contributed by atoms with E-state index in [1.807, 2.05) is 0 Å². The molecule has 0 N–H and O–H groups in total. The van der Waals surface area contributed by atoms with Crippen LogP contribution in [0.1, 0.15) is 15.8 Å². The summed E-state index contributed by atoms with van der Waals surface area (Å²) < 4.78 is 37.1. The van der Waals surface area contributed by atoms with Crippen molar-refractivity contribution in [2.45, 2.75) is 5.25 Å². The van der Waals surface area contributed by atoms with Crippen LogP contribution in [0.3, 0.4) is 0 Å². The van der Waals surface area contributed by atoms with Crippen molar-refractivity contribution < 1.29 is 17.9 Å². The zero-order valence-electron chi connectivity index (χ0n) is 11.2. The Kier molecular flexibility index (Phi) is 4.01. The lowest BCUT2D eigenvalue weighted by Crippen LogP contribution is -2.17. The maximum atomic E-state index is 12.1. The van der Waals surface area contributed by atoms with E-state index in [-0.39, 0.29) is 16.6 Å². The van der Waals surface area contributed by atoms with Crippen molar-refractivity contribution in [2.75, 3.05) is 7.11 Å². The van der Waals surface area contributed by atoms with Crippen molar-refractivity contribution in [2.24, 2.45) is 0 Å². The van der Waals surface area contributed by atoms with Crippen molar-refractivity contribution >= 4 is 33.6 Å². The fourth-order valence-corrected chi connectivity index (χ4v) is 3.57. The number of aromatic nitrogens is 2. The Morgan fingerprint density at radius 2 is 2.18 bits per heavy atom. The monoisotopic (exact) mass is 337 g/mol. The minimum absolute atomic E-state index is 0.00848. The quantitative estimate of drug-likeness (QED) is 0.526. The van der Waals surface area contributed by atoms with E-state index in [4.69, 9.17) is 9.15 Å². The summed E-state index contributed by atoms with van der Waals surface area (Å²) in [5.41, 5.74) is -0.338. The van der Waals surface area contributed by atoms with Crippen LogP contribution in [-0.4, -0.2) is 25.2 Å². The molecule has 0 spiro atoms. The van der Waals surface area contributed by atoms with Gasteiger partial charge in [-0.05, 0) is 34.7 Å². The second-order valence-corrected chi connectivity index (χ2v) is 6.06. The van der Waals surface area contributed by atoms with E-state index in [0.717, 1.165) is 11.5 Å². The third-order valence-electron chi connectivity index (χ3n) is 2.97. The van der Waals surface area contributed by atoms with E-state index < -0.39 is 22.0 Å². The van der Waals surface area contributed by atoms with Gasteiger partial charge in [0.15, 0.2) is 0 Å². The lowest BCUT2D eigenvalue weighted by atomic mass is 10.1. The molecule has 7 nitrogen and oxygen atoms in total. The molecule has 3 aromatic rings. The molecule has 2 aromatic heterocycles. The number of methoxy groups -OCH3 is 1. The molecule has 0 saturated carbocycles. The third-order valence-corrected chi connectivity index (χ3v) is 4.75. The number of benzene rings is 1. The number of nitrogens with zero attached hydrogens (tertiary/aromatic N) is 2. The molecular formula is C13H9N2O5S2-. The van der Waals surface area contributed by atoms with Crippen LogP contribution in [0.4, 0.5) is 0 Å². The van der Waals surface area contributed by atoms with E-state index in [2.05, 4.69) is 9.36 Å². The van der Waals surface area contributed by atoms with Crippen LogP contribution in [0.15, 0.2) is 39.5 Å². The van der Waals surface area contributed by atoms with Gasteiger partial charge in [0.25, 0.3) is 0 Å². The van der Waals surface area contributed by atoms with Gasteiger partial charge < -0.3 is 13.7 Å². The summed E-state index contributed by atoms with van der Waals surface area (Å²) in [4.78, 5) is 16.1. The van der Waals surface area contributed by atoms with E-state index in [9.17, 15) is 13.6 Å². The second kappa shape index (κ2) is 5.95. The lowest BCUT2D eigenvalue weighted by molar-refractivity contribution is 0.385. The molecule has 2 atom stereocenters. The number of fused-ring (bicyclic) bond motifs is 1. The second-order valence-electron chi connectivity index (χ2n) is 4.29. The highest BCUT2D eigenvalue weighted by Crippen LogP contribution is 2.29. The highest BCUT2D eigenvalue weighted by molar-refractivity contribution is 7.79. The summed E-state index contributed by atoms with van der Waals surface area (Å²) in [6.45, 7) is 0. The fourth-order valence-electron chi connectivity index (χ4n) is 1.99. The van der Waals surface area contributed by atoms with E-state index in [1.54, 1.807) is 24.3 Å². The molecule has 2 heterocycles. The molecular weight excluding hydrogens is 328 g/mol. The highest BCUT2D eigenvalue weighted by Gasteiger charge is 2.24. The maximum Gasteiger partial charge on any atom is 0.341 e. The Bertz CT molecular complexity index is 905. The van der Waals surface area contributed by atoms with Gasteiger partial charge in [-0.1, -0.05) is 18.2 Å². The van der Waals surface area contributed by atoms with Crippen LogP contribution in [0.2, 0.25) is 0 Å². The minimum Gasteiger partial charge on any atom is -0.772 e. The van der Waals surface area contributed by atoms with Gasteiger partial charge in [-0.3, -0.25) is 4.21 Å². The van der Waals surface area contributed by atoms with Crippen molar-refractivity contribution in [1.29, 1.82) is 0 Å². The Labute approximate surface area is 131 Å². The number of hydrogen-bond acceptors (Lipinski definition) is 8. The third kappa shape index (κ3) is 2.65. The Hall–Kier alpha value is -2.10. The first kappa shape index (κ1) is 14.8. The molecule has 114 valence electrons. The molecule has 0 bridgehead atoms. The lowest BCUT2D eigenvalue weighted by Gasteiger charge is -2.16. The number of rotatable bonds is 4. The normalized spacial score (nSPS) is 13.9. The summed E-state index contributed by atoms with van der Waals surface area (Å²) >= 11 is -1.75. The van der Waals surface area contributed by atoms with Gasteiger partial charge in [0.1, 0.15) is 15.8 Å². The fraction of sp³-hybridized carbons (Fsp3) is 0.154. The van der Waals surface area contributed by atoms with Crippen LogP contribution in [0.5, 0.6) is 6.01 Å². The Morgan fingerprint density at radius 1 is 1.41 bits per heavy atom. The molecule has 1 aromatic carbocycles. The van der Waals surface area contributed by atoms with E-state index in [0.29, 0.717) is 11.0 Å². The standard InChI is InChI=1S/C13H10N2O5S2/c1-19-13-14-11(21-15-13)10(22(17)18)8-6-7-4-2-3-5-9(7)20-12(8)16/h2-6,10H,1H3,(H,17,18)/p-1.